The number of fused-ring (bicyclic) bond motifs is 1. The molecule has 0 aliphatic heterocycles. The van der Waals surface area contributed by atoms with Gasteiger partial charge in [0.05, 0.1) is 16.5 Å². The minimum Gasteiger partial charge on any atom is -0.365 e. The monoisotopic (exact) mass is 488 g/mol. The largest absolute Gasteiger partial charge is 0.365 e. The van der Waals surface area contributed by atoms with Crippen LogP contribution in [0.4, 0.5) is 27.8 Å². The zero-order chi connectivity index (χ0) is 21.6. The van der Waals surface area contributed by atoms with Crippen molar-refractivity contribution in [1.82, 2.24) is 14.5 Å². The summed E-state index contributed by atoms with van der Waals surface area (Å²) in [7, 11) is 0. The maximum atomic E-state index is 14.3. The summed E-state index contributed by atoms with van der Waals surface area (Å²) in [6, 6.07) is 3.06. The number of nitrogens with zero attached hydrogens (tertiary/aromatic N) is 3. The van der Waals surface area contributed by atoms with Crippen LogP contribution in [0.5, 0.6) is 0 Å². The minimum atomic E-state index is -2.95. The van der Waals surface area contributed by atoms with Crippen LogP contribution in [0, 0.1) is 11.7 Å². The Hall–Kier alpha value is -2.56. The molecular formula is C19H14BrF5N4O. The molecule has 2 aromatic heterocycles. The number of halogens is 6. The Morgan fingerprint density at radius 3 is 2.67 bits per heavy atom. The molecule has 0 amide bonds. The van der Waals surface area contributed by atoms with Crippen LogP contribution in [0.15, 0.2) is 40.0 Å². The number of rotatable bonds is 6. The number of aromatic nitrogens is 3. The van der Waals surface area contributed by atoms with E-state index >= 15 is 0 Å². The van der Waals surface area contributed by atoms with Crippen molar-refractivity contribution in [2.45, 2.75) is 31.9 Å². The van der Waals surface area contributed by atoms with Gasteiger partial charge in [-0.2, -0.15) is 0 Å². The van der Waals surface area contributed by atoms with Crippen molar-refractivity contribution in [2.24, 2.45) is 5.92 Å². The first-order valence-corrected chi connectivity index (χ1v) is 9.71. The van der Waals surface area contributed by atoms with Gasteiger partial charge in [0.1, 0.15) is 22.4 Å². The van der Waals surface area contributed by atoms with E-state index in [1.807, 2.05) is 0 Å². The van der Waals surface area contributed by atoms with Crippen LogP contribution in [-0.2, 0) is 6.54 Å². The molecule has 1 saturated carbocycles. The van der Waals surface area contributed by atoms with Gasteiger partial charge in [-0.3, -0.25) is 4.79 Å². The number of anilines is 1. The number of benzene rings is 1. The predicted molar refractivity (Wildman–Crippen MR) is 103 cm³/mol. The van der Waals surface area contributed by atoms with Crippen LogP contribution in [-0.4, -0.2) is 21.0 Å². The summed E-state index contributed by atoms with van der Waals surface area (Å²) in [5, 5.41) is 3.21. The Labute approximate surface area is 175 Å². The molecule has 0 spiro atoms. The molecule has 1 aliphatic rings. The van der Waals surface area contributed by atoms with Gasteiger partial charge >= 0.3 is 0 Å². The van der Waals surface area contributed by atoms with E-state index in [-0.39, 0.29) is 34.3 Å². The summed E-state index contributed by atoms with van der Waals surface area (Å²) in [5.41, 5.74) is -0.933. The molecule has 11 heteroatoms. The Kier molecular flexibility index (Phi) is 5.48. The van der Waals surface area contributed by atoms with Crippen molar-refractivity contribution in [3.05, 3.63) is 62.5 Å². The summed E-state index contributed by atoms with van der Waals surface area (Å²) in [6.45, 7) is -0.154. The number of hydrogen-bond donors (Lipinski definition) is 1. The molecule has 158 valence electrons. The molecule has 3 aromatic rings. The molecule has 1 N–H and O–H groups in total. The first-order chi connectivity index (χ1) is 14.3. The number of nitrogens with one attached hydrogen (secondary N) is 1. The summed E-state index contributed by atoms with van der Waals surface area (Å²) in [6.07, 6.45) is -2.73. The Morgan fingerprint density at radius 2 is 2.00 bits per heavy atom. The van der Waals surface area contributed by atoms with Crippen molar-refractivity contribution in [1.29, 1.82) is 0 Å². The molecule has 0 saturated heterocycles. The van der Waals surface area contributed by atoms with Crippen LogP contribution in [0.25, 0.3) is 10.9 Å². The molecule has 0 bridgehead atoms. The maximum absolute atomic E-state index is 14.3. The van der Waals surface area contributed by atoms with E-state index in [1.165, 1.54) is 29.2 Å². The molecule has 0 radical (unpaired) electrons. The van der Waals surface area contributed by atoms with Gasteiger partial charge in [0.15, 0.2) is 0 Å². The zero-order valence-corrected chi connectivity index (χ0v) is 16.7. The molecule has 4 rings (SSSR count). The predicted octanol–water partition coefficient (Wildman–Crippen LogP) is 5.07. The standard InChI is InChI=1S/C19H14BrF5N4O/c20-13-15-11(6-29(19(13)30)12-4-10(12)17(24)25)18(28-7-27-15)26-5-8-2-1-3-9(14(8)21)16(22)23/h1-3,6-7,10,12,16-17H,4-5H2,(H,26,27,28)/t10-,12?/m1/s1. The third-order valence-corrected chi connectivity index (χ3v) is 5.77. The SMILES string of the molecule is O=c1c(Br)c2ncnc(NCc3cccc(C(F)F)c3F)c2cn1C1C[C@H]1C(F)F. The van der Waals surface area contributed by atoms with Crippen molar-refractivity contribution in [2.75, 3.05) is 5.32 Å². The lowest BCUT2D eigenvalue weighted by Gasteiger charge is -2.13. The molecular weight excluding hydrogens is 475 g/mol. The van der Waals surface area contributed by atoms with Crippen molar-refractivity contribution < 1.29 is 22.0 Å². The molecule has 30 heavy (non-hydrogen) atoms. The van der Waals surface area contributed by atoms with Gasteiger partial charge < -0.3 is 9.88 Å². The normalized spacial score (nSPS) is 18.4. The number of pyridine rings is 1. The van der Waals surface area contributed by atoms with Crippen molar-refractivity contribution in [3.8, 4) is 0 Å². The topological polar surface area (TPSA) is 59.8 Å². The lowest BCUT2D eigenvalue weighted by Crippen LogP contribution is -2.21. The third-order valence-electron chi connectivity index (χ3n) is 5.06. The molecule has 1 fully saturated rings. The minimum absolute atomic E-state index is 0.00640. The van der Waals surface area contributed by atoms with Gasteiger partial charge in [0, 0.05) is 30.3 Å². The number of alkyl halides is 4. The first kappa shape index (κ1) is 20.7. The van der Waals surface area contributed by atoms with Crippen LogP contribution in [0.1, 0.15) is 30.0 Å². The fourth-order valence-electron chi connectivity index (χ4n) is 3.37. The van der Waals surface area contributed by atoms with Crippen LogP contribution in [0.2, 0.25) is 0 Å². The van der Waals surface area contributed by atoms with Crippen molar-refractivity contribution in [3.63, 3.8) is 0 Å². The summed E-state index contributed by atoms with van der Waals surface area (Å²) < 4.78 is 67.3. The number of hydrogen-bond acceptors (Lipinski definition) is 4. The highest BCUT2D eigenvalue weighted by Gasteiger charge is 2.46. The summed E-state index contributed by atoms with van der Waals surface area (Å²) in [5.74, 6) is -1.71. The van der Waals surface area contributed by atoms with E-state index in [1.54, 1.807) is 0 Å². The first-order valence-electron chi connectivity index (χ1n) is 8.92. The van der Waals surface area contributed by atoms with E-state index in [0.29, 0.717) is 5.39 Å². The lowest BCUT2D eigenvalue weighted by molar-refractivity contribution is 0.116. The summed E-state index contributed by atoms with van der Waals surface area (Å²) in [4.78, 5) is 20.7. The Bertz CT molecular complexity index is 1170. The van der Waals surface area contributed by atoms with Crippen LogP contribution >= 0.6 is 15.9 Å². The third kappa shape index (κ3) is 3.66. The van der Waals surface area contributed by atoms with E-state index in [4.69, 9.17) is 0 Å². The second-order valence-electron chi connectivity index (χ2n) is 6.92. The maximum Gasteiger partial charge on any atom is 0.267 e. The Balaban J connectivity index is 1.70. The van der Waals surface area contributed by atoms with Gasteiger partial charge in [0.2, 0.25) is 6.43 Å². The van der Waals surface area contributed by atoms with E-state index < -0.39 is 41.8 Å². The van der Waals surface area contributed by atoms with E-state index in [2.05, 4.69) is 31.2 Å². The molecule has 2 atom stereocenters. The van der Waals surface area contributed by atoms with Gasteiger partial charge in [0.25, 0.3) is 12.0 Å². The molecule has 2 heterocycles. The zero-order valence-electron chi connectivity index (χ0n) is 15.1. The van der Waals surface area contributed by atoms with Gasteiger partial charge in [-0.1, -0.05) is 18.2 Å². The van der Waals surface area contributed by atoms with Gasteiger partial charge in [-0.05, 0) is 22.4 Å². The van der Waals surface area contributed by atoms with Crippen LogP contribution in [0.3, 0.4) is 0 Å². The highest BCUT2D eigenvalue weighted by molar-refractivity contribution is 9.10. The molecule has 1 aromatic carbocycles. The second-order valence-corrected chi connectivity index (χ2v) is 7.71. The highest BCUT2D eigenvalue weighted by atomic mass is 79.9. The fourth-order valence-corrected chi connectivity index (χ4v) is 3.89. The molecule has 1 aliphatic carbocycles. The summed E-state index contributed by atoms with van der Waals surface area (Å²) >= 11 is 3.17. The average Bonchev–Trinajstić information content (AvgIpc) is 3.50. The molecule has 1 unspecified atom stereocenters. The smallest absolute Gasteiger partial charge is 0.267 e. The van der Waals surface area contributed by atoms with Crippen LogP contribution < -0.4 is 10.9 Å². The lowest BCUT2D eigenvalue weighted by atomic mass is 10.1. The van der Waals surface area contributed by atoms with E-state index in [9.17, 15) is 26.7 Å². The Morgan fingerprint density at radius 1 is 1.23 bits per heavy atom. The van der Waals surface area contributed by atoms with E-state index in [0.717, 1.165) is 6.07 Å². The highest BCUT2D eigenvalue weighted by Crippen LogP contribution is 2.47. The fraction of sp³-hybridized carbons (Fsp3) is 0.316. The van der Waals surface area contributed by atoms with Gasteiger partial charge in [-0.25, -0.2) is 31.9 Å². The molecule has 5 nitrogen and oxygen atoms in total. The quantitative estimate of drug-likeness (QED) is 0.492. The van der Waals surface area contributed by atoms with Gasteiger partial charge in [-0.15, -0.1) is 0 Å². The van der Waals surface area contributed by atoms with Crippen molar-refractivity contribution >= 4 is 32.7 Å². The average molecular weight is 489 g/mol. The second kappa shape index (κ2) is 7.93.